The van der Waals surface area contributed by atoms with Crippen molar-refractivity contribution in [3.8, 4) is 0 Å². The molecule has 0 radical (unpaired) electrons. The van der Waals surface area contributed by atoms with E-state index < -0.39 is 12.0 Å². The van der Waals surface area contributed by atoms with Crippen LogP contribution >= 0.6 is 0 Å². The molecule has 2 aliphatic rings. The third-order valence-corrected chi connectivity index (χ3v) is 5.16. The van der Waals surface area contributed by atoms with E-state index in [1.54, 1.807) is 0 Å². The zero-order valence-electron chi connectivity index (χ0n) is 12.5. The predicted molar refractivity (Wildman–Crippen MR) is 76.5 cm³/mol. The molecule has 2 rings (SSSR count). The van der Waals surface area contributed by atoms with E-state index in [1.807, 2.05) is 0 Å². The Morgan fingerprint density at radius 3 is 2.55 bits per heavy atom. The summed E-state index contributed by atoms with van der Waals surface area (Å²) in [7, 11) is 0. The normalized spacial score (nSPS) is 28.0. The van der Waals surface area contributed by atoms with Crippen molar-refractivity contribution in [1.29, 1.82) is 0 Å². The fraction of sp³-hybridized carbons (Fsp3) is 0.867. The Morgan fingerprint density at radius 1 is 1.35 bits per heavy atom. The number of amides is 2. The molecule has 0 aromatic carbocycles. The summed E-state index contributed by atoms with van der Waals surface area (Å²) >= 11 is 0. The van der Waals surface area contributed by atoms with Crippen molar-refractivity contribution in [2.45, 2.75) is 58.4 Å². The molecule has 5 heteroatoms. The topological polar surface area (TPSA) is 69.6 Å². The molecule has 1 aliphatic heterocycles. The highest BCUT2D eigenvalue weighted by Gasteiger charge is 2.42. The van der Waals surface area contributed by atoms with E-state index in [2.05, 4.69) is 19.2 Å². The molecule has 20 heavy (non-hydrogen) atoms. The standard InChI is InChI=1S/C15H26N2O3/c1-3-11-5-8-17(12(9-11)13(18)19)14(20)16-10-15(4-2)6-7-15/h11-12H,3-10H2,1-2H3,(H,16,20)(H,18,19). The highest BCUT2D eigenvalue weighted by molar-refractivity contribution is 5.83. The molecule has 1 saturated carbocycles. The molecule has 2 atom stereocenters. The van der Waals surface area contributed by atoms with Gasteiger partial charge < -0.3 is 15.3 Å². The van der Waals surface area contributed by atoms with E-state index in [0.717, 1.165) is 19.3 Å². The molecule has 5 nitrogen and oxygen atoms in total. The lowest BCUT2D eigenvalue weighted by atomic mass is 9.89. The second-order valence-corrected chi connectivity index (χ2v) is 6.36. The minimum absolute atomic E-state index is 0.202. The third kappa shape index (κ3) is 3.25. The van der Waals surface area contributed by atoms with Gasteiger partial charge in [0, 0.05) is 13.1 Å². The maximum Gasteiger partial charge on any atom is 0.326 e. The van der Waals surface area contributed by atoms with E-state index in [0.29, 0.717) is 25.4 Å². The van der Waals surface area contributed by atoms with E-state index in [9.17, 15) is 14.7 Å². The van der Waals surface area contributed by atoms with Crippen molar-refractivity contribution >= 4 is 12.0 Å². The van der Waals surface area contributed by atoms with Crippen molar-refractivity contribution in [2.24, 2.45) is 11.3 Å². The molecule has 1 heterocycles. The predicted octanol–water partition coefficient (Wildman–Crippen LogP) is 2.46. The minimum Gasteiger partial charge on any atom is -0.480 e. The quantitative estimate of drug-likeness (QED) is 0.813. The monoisotopic (exact) mass is 282 g/mol. The fourth-order valence-electron chi connectivity index (χ4n) is 3.08. The summed E-state index contributed by atoms with van der Waals surface area (Å²) in [6.07, 6.45) is 5.89. The van der Waals surface area contributed by atoms with Crippen LogP contribution in [0.2, 0.25) is 0 Å². The molecular formula is C15H26N2O3. The van der Waals surface area contributed by atoms with Crippen LogP contribution in [0.25, 0.3) is 0 Å². The molecule has 0 bridgehead atoms. The number of carboxylic acid groups (broad SMARTS) is 1. The fourth-order valence-corrected chi connectivity index (χ4v) is 3.08. The van der Waals surface area contributed by atoms with Gasteiger partial charge in [0.15, 0.2) is 0 Å². The number of nitrogens with zero attached hydrogens (tertiary/aromatic N) is 1. The van der Waals surface area contributed by atoms with Crippen LogP contribution in [-0.2, 0) is 4.79 Å². The Morgan fingerprint density at radius 2 is 2.05 bits per heavy atom. The minimum atomic E-state index is -0.880. The number of carbonyl (C=O) groups excluding carboxylic acids is 1. The molecule has 2 unspecified atom stereocenters. The van der Waals surface area contributed by atoms with E-state index in [-0.39, 0.29) is 11.4 Å². The van der Waals surface area contributed by atoms with Gasteiger partial charge >= 0.3 is 12.0 Å². The first kappa shape index (κ1) is 15.1. The summed E-state index contributed by atoms with van der Waals surface area (Å²) in [6, 6.07) is -0.864. The summed E-state index contributed by atoms with van der Waals surface area (Å²) in [6.45, 7) is 5.46. The van der Waals surface area contributed by atoms with Crippen LogP contribution in [-0.4, -0.2) is 41.1 Å². The molecule has 1 aliphatic carbocycles. The van der Waals surface area contributed by atoms with E-state index >= 15 is 0 Å². The SMILES string of the molecule is CCC1CCN(C(=O)NCC2(CC)CC2)C(C(=O)O)C1. The number of likely N-dealkylation sites (tertiary alicyclic amines) is 1. The molecule has 0 spiro atoms. The molecule has 114 valence electrons. The lowest BCUT2D eigenvalue weighted by Crippen LogP contribution is -2.54. The molecular weight excluding hydrogens is 256 g/mol. The van der Waals surface area contributed by atoms with Gasteiger partial charge in [-0.3, -0.25) is 0 Å². The number of nitrogens with one attached hydrogen (secondary N) is 1. The zero-order chi connectivity index (χ0) is 14.8. The Kier molecular flexibility index (Phi) is 4.55. The highest BCUT2D eigenvalue weighted by Crippen LogP contribution is 2.47. The van der Waals surface area contributed by atoms with Gasteiger partial charge in [-0.15, -0.1) is 0 Å². The third-order valence-electron chi connectivity index (χ3n) is 5.16. The lowest BCUT2D eigenvalue weighted by molar-refractivity contribution is -0.144. The summed E-state index contributed by atoms with van der Waals surface area (Å²) in [5.41, 5.74) is 0.288. The number of piperidine rings is 1. The maximum atomic E-state index is 12.2. The van der Waals surface area contributed by atoms with Gasteiger partial charge in [-0.1, -0.05) is 20.3 Å². The van der Waals surface area contributed by atoms with Gasteiger partial charge in [0.1, 0.15) is 6.04 Å². The van der Waals surface area contributed by atoms with Crippen molar-refractivity contribution in [2.75, 3.05) is 13.1 Å². The van der Waals surface area contributed by atoms with Gasteiger partial charge in [-0.05, 0) is 43.4 Å². The second-order valence-electron chi connectivity index (χ2n) is 6.36. The Balaban J connectivity index is 1.91. The van der Waals surface area contributed by atoms with Crippen molar-refractivity contribution in [1.82, 2.24) is 10.2 Å². The molecule has 2 fully saturated rings. The highest BCUT2D eigenvalue weighted by atomic mass is 16.4. The first-order valence-electron chi connectivity index (χ1n) is 7.78. The first-order valence-corrected chi connectivity index (χ1v) is 7.78. The first-order chi connectivity index (χ1) is 9.51. The van der Waals surface area contributed by atoms with Crippen LogP contribution in [0.3, 0.4) is 0 Å². The average molecular weight is 282 g/mol. The van der Waals surface area contributed by atoms with Crippen molar-refractivity contribution in [3.63, 3.8) is 0 Å². The van der Waals surface area contributed by atoms with E-state index in [1.165, 1.54) is 17.7 Å². The average Bonchev–Trinajstić information content (AvgIpc) is 3.24. The number of rotatable bonds is 5. The van der Waals surface area contributed by atoms with Crippen LogP contribution in [0.1, 0.15) is 52.4 Å². The lowest BCUT2D eigenvalue weighted by Gasteiger charge is -2.37. The van der Waals surface area contributed by atoms with Crippen LogP contribution in [0.15, 0.2) is 0 Å². The number of urea groups is 1. The zero-order valence-corrected chi connectivity index (χ0v) is 12.5. The number of hydrogen-bond acceptors (Lipinski definition) is 2. The number of carboxylic acids is 1. The van der Waals surface area contributed by atoms with Crippen molar-refractivity contribution in [3.05, 3.63) is 0 Å². The summed E-state index contributed by atoms with van der Waals surface area (Å²) in [4.78, 5) is 25.1. The summed E-state index contributed by atoms with van der Waals surface area (Å²) in [5.74, 6) is -0.458. The number of hydrogen-bond donors (Lipinski definition) is 2. The number of carbonyl (C=O) groups is 2. The second kappa shape index (κ2) is 6.02. The summed E-state index contributed by atoms with van der Waals surface area (Å²) < 4.78 is 0. The van der Waals surface area contributed by atoms with E-state index in [4.69, 9.17) is 0 Å². The Bertz CT molecular complexity index is 379. The molecule has 1 saturated heterocycles. The Labute approximate surface area is 120 Å². The van der Waals surface area contributed by atoms with Gasteiger partial charge in [0.05, 0.1) is 0 Å². The van der Waals surface area contributed by atoms with Crippen LogP contribution in [0, 0.1) is 11.3 Å². The van der Waals surface area contributed by atoms with Crippen LogP contribution in [0.5, 0.6) is 0 Å². The van der Waals surface area contributed by atoms with Gasteiger partial charge in [0.25, 0.3) is 0 Å². The molecule has 2 N–H and O–H groups in total. The molecule has 2 amide bonds. The molecule has 0 aromatic rings. The van der Waals surface area contributed by atoms with Crippen molar-refractivity contribution < 1.29 is 14.7 Å². The van der Waals surface area contributed by atoms with Crippen LogP contribution in [0.4, 0.5) is 4.79 Å². The Hall–Kier alpha value is -1.26. The largest absolute Gasteiger partial charge is 0.480 e. The van der Waals surface area contributed by atoms with Gasteiger partial charge in [-0.2, -0.15) is 0 Å². The maximum absolute atomic E-state index is 12.2. The van der Waals surface area contributed by atoms with Gasteiger partial charge in [0.2, 0.25) is 0 Å². The summed E-state index contributed by atoms with van der Waals surface area (Å²) in [5, 5.41) is 12.3. The van der Waals surface area contributed by atoms with Crippen LogP contribution < -0.4 is 5.32 Å². The molecule has 0 aromatic heterocycles. The van der Waals surface area contributed by atoms with Gasteiger partial charge in [-0.25, -0.2) is 9.59 Å². The smallest absolute Gasteiger partial charge is 0.326 e. The number of aliphatic carboxylic acids is 1.